The van der Waals surface area contributed by atoms with Gasteiger partial charge in [-0.1, -0.05) is 37.6 Å². The lowest BCUT2D eigenvalue weighted by Gasteiger charge is -2.14. The summed E-state index contributed by atoms with van der Waals surface area (Å²) in [6.07, 6.45) is 3.31. The summed E-state index contributed by atoms with van der Waals surface area (Å²) < 4.78 is 1.24. The van der Waals surface area contributed by atoms with Crippen LogP contribution in [0.5, 0.6) is 0 Å². The van der Waals surface area contributed by atoms with E-state index < -0.39 is 0 Å². The maximum absolute atomic E-state index is 12.6. The van der Waals surface area contributed by atoms with Crippen LogP contribution in [0, 0.1) is 0 Å². The van der Waals surface area contributed by atoms with E-state index in [4.69, 9.17) is 5.84 Å². The molecule has 0 saturated carbocycles. The van der Waals surface area contributed by atoms with Crippen LogP contribution >= 0.6 is 0 Å². The Morgan fingerprint density at radius 3 is 2.62 bits per heavy atom. The third-order valence-electron chi connectivity index (χ3n) is 3.63. The first-order valence-corrected chi connectivity index (χ1v) is 7.07. The van der Waals surface area contributed by atoms with Crippen LogP contribution in [0.4, 0.5) is 0 Å². The summed E-state index contributed by atoms with van der Waals surface area (Å²) in [5.41, 5.74) is 3.03. The van der Waals surface area contributed by atoms with Crippen molar-refractivity contribution in [3.63, 3.8) is 0 Å². The van der Waals surface area contributed by atoms with Gasteiger partial charge in [0.15, 0.2) is 0 Å². The highest BCUT2D eigenvalue weighted by Gasteiger charge is 2.16. The first-order chi connectivity index (χ1) is 10.2. The lowest BCUT2D eigenvalue weighted by Crippen LogP contribution is -2.31. The van der Waals surface area contributed by atoms with Crippen LogP contribution in [0.15, 0.2) is 53.5 Å². The molecule has 0 radical (unpaired) electrons. The number of para-hydroxylation sites is 1. The molecule has 0 fully saturated rings. The molecule has 106 valence electrons. The van der Waals surface area contributed by atoms with Crippen molar-refractivity contribution in [1.29, 1.82) is 0 Å². The maximum atomic E-state index is 12.6. The number of benzene rings is 1. The fraction of sp³-hybridized carbons (Fsp3) is 0.176. The molecule has 3 rings (SSSR count). The molecule has 0 saturated heterocycles. The maximum Gasteiger partial charge on any atom is 0.273 e. The van der Waals surface area contributed by atoms with Crippen LogP contribution in [-0.2, 0) is 6.42 Å². The third kappa shape index (κ3) is 2.18. The van der Waals surface area contributed by atoms with Crippen molar-refractivity contribution in [1.82, 2.24) is 9.66 Å². The second-order valence-corrected chi connectivity index (χ2v) is 5.01. The quantitative estimate of drug-likeness (QED) is 0.750. The number of hydrogen-bond donors (Lipinski definition) is 1. The van der Waals surface area contributed by atoms with Gasteiger partial charge in [-0.2, -0.15) is 0 Å². The second kappa shape index (κ2) is 5.40. The summed E-state index contributed by atoms with van der Waals surface area (Å²) in [6.45, 7) is 2.05. The van der Waals surface area contributed by atoms with E-state index >= 15 is 0 Å². The summed E-state index contributed by atoms with van der Waals surface area (Å²) in [5.74, 6) is 5.98. The number of nitrogens with zero attached hydrogens (tertiary/aromatic N) is 2. The monoisotopic (exact) mass is 279 g/mol. The van der Waals surface area contributed by atoms with Crippen molar-refractivity contribution < 1.29 is 0 Å². The first-order valence-electron chi connectivity index (χ1n) is 7.07. The van der Waals surface area contributed by atoms with Crippen molar-refractivity contribution in [2.75, 3.05) is 5.84 Å². The molecule has 4 nitrogen and oxygen atoms in total. The smallest absolute Gasteiger partial charge is 0.273 e. The zero-order chi connectivity index (χ0) is 14.8. The molecule has 2 N–H and O–H groups in total. The predicted molar refractivity (Wildman–Crippen MR) is 85.6 cm³/mol. The molecule has 0 atom stereocenters. The van der Waals surface area contributed by atoms with Crippen molar-refractivity contribution in [3.05, 3.63) is 64.6 Å². The first kappa shape index (κ1) is 13.4. The van der Waals surface area contributed by atoms with Crippen LogP contribution in [0.1, 0.15) is 18.9 Å². The fourth-order valence-electron chi connectivity index (χ4n) is 2.70. The molecule has 21 heavy (non-hydrogen) atoms. The fourth-order valence-corrected chi connectivity index (χ4v) is 2.70. The summed E-state index contributed by atoms with van der Waals surface area (Å²) in [5, 5.41) is 0.960. The summed E-state index contributed by atoms with van der Waals surface area (Å²) in [4.78, 5) is 17.0. The van der Waals surface area contributed by atoms with Gasteiger partial charge in [-0.25, -0.2) is 4.68 Å². The average Bonchev–Trinajstić information content (AvgIpc) is 2.54. The van der Waals surface area contributed by atoms with Gasteiger partial charge in [0.25, 0.3) is 5.56 Å². The molecular weight excluding hydrogens is 262 g/mol. The van der Waals surface area contributed by atoms with Crippen LogP contribution < -0.4 is 11.4 Å². The standard InChI is InChI=1S/C17H17N3O/c1-2-7-13-16(14-9-5-6-11-19-14)12-8-3-4-10-15(12)20(18)17(13)21/h3-6,8-11H,2,7,18H2,1H3. The molecule has 2 heterocycles. The molecule has 0 aliphatic carbocycles. The van der Waals surface area contributed by atoms with Crippen LogP contribution in [-0.4, -0.2) is 9.66 Å². The van der Waals surface area contributed by atoms with E-state index in [2.05, 4.69) is 11.9 Å². The van der Waals surface area contributed by atoms with E-state index in [0.717, 1.165) is 34.1 Å². The van der Waals surface area contributed by atoms with Crippen LogP contribution in [0.3, 0.4) is 0 Å². The van der Waals surface area contributed by atoms with Crippen LogP contribution in [0.25, 0.3) is 22.2 Å². The number of aromatic nitrogens is 2. The number of fused-ring (bicyclic) bond motifs is 1. The minimum Gasteiger partial charge on any atom is -0.336 e. The Morgan fingerprint density at radius 1 is 1.14 bits per heavy atom. The zero-order valence-electron chi connectivity index (χ0n) is 11.9. The molecule has 0 amide bonds. The molecule has 3 aromatic rings. The Hall–Kier alpha value is -2.62. The van der Waals surface area contributed by atoms with Gasteiger partial charge < -0.3 is 5.84 Å². The van der Waals surface area contributed by atoms with Gasteiger partial charge in [-0.15, -0.1) is 0 Å². The molecule has 1 aromatic carbocycles. The number of nitrogens with two attached hydrogens (primary N) is 1. The molecule has 0 spiro atoms. The Morgan fingerprint density at radius 2 is 1.90 bits per heavy atom. The van der Waals surface area contributed by atoms with Gasteiger partial charge in [-0.05, 0) is 24.6 Å². The molecule has 4 heteroatoms. The van der Waals surface area contributed by atoms with E-state index in [9.17, 15) is 4.79 Å². The summed E-state index contributed by atoms with van der Waals surface area (Å²) in [7, 11) is 0. The third-order valence-corrected chi connectivity index (χ3v) is 3.63. The zero-order valence-corrected chi connectivity index (χ0v) is 11.9. The van der Waals surface area contributed by atoms with E-state index in [1.807, 2.05) is 42.5 Å². The SMILES string of the molecule is CCCc1c(-c2ccccn2)c2ccccc2n(N)c1=O. The van der Waals surface area contributed by atoms with Crippen molar-refractivity contribution in [3.8, 4) is 11.3 Å². The van der Waals surface area contributed by atoms with Gasteiger partial charge in [-0.3, -0.25) is 9.78 Å². The molecular formula is C17H17N3O. The molecule has 0 aliphatic rings. The Labute approximate surface area is 122 Å². The molecule has 2 aromatic heterocycles. The van der Waals surface area contributed by atoms with Gasteiger partial charge >= 0.3 is 0 Å². The van der Waals surface area contributed by atoms with E-state index in [0.29, 0.717) is 6.42 Å². The number of rotatable bonds is 3. The normalized spacial score (nSPS) is 10.9. The van der Waals surface area contributed by atoms with E-state index in [1.165, 1.54) is 4.68 Å². The van der Waals surface area contributed by atoms with Crippen molar-refractivity contribution in [2.45, 2.75) is 19.8 Å². The summed E-state index contributed by atoms with van der Waals surface area (Å²) >= 11 is 0. The van der Waals surface area contributed by atoms with Crippen LogP contribution in [0.2, 0.25) is 0 Å². The number of pyridine rings is 2. The van der Waals surface area contributed by atoms with E-state index in [-0.39, 0.29) is 5.56 Å². The minimum absolute atomic E-state index is 0.142. The molecule has 0 bridgehead atoms. The Bertz CT molecular complexity index is 838. The molecule has 0 aliphatic heterocycles. The van der Waals surface area contributed by atoms with Crippen molar-refractivity contribution >= 4 is 10.9 Å². The lowest BCUT2D eigenvalue weighted by molar-refractivity contribution is 0.872. The number of hydrogen-bond acceptors (Lipinski definition) is 3. The van der Waals surface area contributed by atoms with E-state index in [1.54, 1.807) is 6.20 Å². The average molecular weight is 279 g/mol. The Kier molecular flexibility index (Phi) is 3.44. The largest absolute Gasteiger partial charge is 0.336 e. The van der Waals surface area contributed by atoms with Gasteiger partial charge in [0.2, 0.25) is 0 Å². The number of nitrogen functional groups attached to an aromatic ring is 1. The van der Waals surface area contributed by atoms with Gasteiger partial charge in [0, 0.05) is 22.7 Å². The highest BCUT2D eigenvalue weighted by Crippen LogP contribution is 2.29. The van der Waals surface area contributed by atoms with Crippen molar-refractivity contribution in [2.24, 2.45) is 0 Å². The minimum atomic E-state index is -0.142. The Balaban J connectivity index is 2.48. The topological polar surface area (TPSA) is 60.9 Å². The molecule has 0 unspecified atom stereocenters. The highest BCUT2D eigenvalue weighted by molar-refractivity contribution is 5.95. The van der Waals surface area contributed by atoms with Gasteiger partial charge in [0.05, 0.1) is 11.2 Å². The summed E-state index contributed by atoms with van der Waals surface area (Å²) in [6, 6.07) is 13.4. The van der Waals surface area contributed by atoms with Gasteiger partial charge in [0.1, 0.15) is 0 Å². The second-order valence-electron chi connectivity index (χ2n) is 5.01. The highest BCUT2D eigenvalue weighted by atomic mass is 16.1. The predicted octanol–water partition coefficient (Wildman–Crippen LogP) is 2.73. The lowest BCUT2D eigenvalue weighted by atomic mass is 9.97.